The maximum absolute atomic E-state index is 12.1. The van der Waals surface area contributed by atoms with Gasteiger partial charge in [-0.15, -0.1) is 0 Å². The first kappa shape index (κ1) is 14.7. The van der Waals surface area contributed by atoms with Gasteiger partial charge in [0.15, 0.2) is 5.78 Å². The molecule has 0 saturated carbocycles. The zero-order valence-corrected chi connectivity index (χ0v) is 11.2. The van der Waals surface area contributed by atoms with Crippen molar-refractivity contribution in [2.45, 2.75) is 25.7 Å². The summed E-state index contributed by atoms with van der Waals surface area (Å²) in [6.07, 6.45) is 2.80. The Hall–Kier alpha value is -2.70. The maximum Gasteiger partial charge on any atom is 0.303 e. The van der Waals surface area contributed by atoms with E-state index in [-0.39, 0.29) is 24.3 Å². The predicted molar refractivity (Wildman–Crippen MR) is 75.4 cm³/mol. The first-order chi connectivity index (χ1) is 9.99. The van der Waals surface area contributed by atoms with Gasteiger partial charge in [0.2, 0.25) is 0 Å². The van der Waals surface area contributed by atoms with Gasteiger partial charge in [-0.2, -0.15) is 0 Å². The average molecular weight is 290 g/mol. The van der Waals surface area contributed by atoms with Gasteiger partial charge in [-0.3, -0.25) is 19.7 Å². The molecule has 21 heavy (non-hydrogen) atoms. The van der Waals surface area contributed by atoms with Crippen molar-refractivity contribution >= 4 is 28.3 Å². The zero-order chi connectivity index (χ0) is 15.4. The van der Waals surface area contributed by atoms with Crippen LogP contribution in [-0.4, -0.2) is 26.8 Å². The van der Waals surface area contributed by atoms with Gasteiger partial charge in [0.25, 0.3) is 5.69 Å². The van der Waals surface area contributed by atoms with Crippen molar-refractivity contribution in [2.75, 3.05) is 0 Å². The Morgan fingerprint density at radius 2 is 1.95 bits per heavy atom. The highest BCUT2D eigenvalue weighted by Gasteiger charge is 2.14. The predicted octanol–water partition coefficient (Wildman–Crippen LogP) is 2.90. The van der Waals surface area contributed by atoms with E-state index in [9.17, 15) is 19.7 Å². The number of aromatic nitrogens is 1. The molecular formula is C14H14N2O5. The first-order valence-corrected chi connectivity index (χ1v) is 6.49. The number of rotatable bonds is 7. The number of hydrogen-bond donors (Lipinski definition) is 2. The van der Waals surface area contributed by atoms with Crippen LogP contribution in [0.1, 0.15) is 36.0 Å². The highest BCUT2D eigenvalue weighted by molar-refractivity contribution is 6.08. The molecule has 1 aromatic heterocycles. The first-order valence-electron chi connectivity index (χ1n) is 6.49. The lowest BCUT2D eigenvalue weighted by atomic mass is 10.0. The third kappa shape index (κ3) is 3.44. The Labute approximate surface area is 119 Å². The number of unbranched alkanes of at least 4 members (excludes halogenated alkanes) is 1. The molecule has 2 aromatic rings. The Kier molecular flexibility index (Phi) is 4.32. The van der Waals surface area contributed by atoms with Crippen LogP contribution in [0.25, 0.3) is 10.9 Å². The molecule has 0 fully saturated rings. The van der Waals surface area contributed by atoms with Crippen molar-refractivity contribution in [3.8, 4) is 0 Å². The van der Waals surface area contributed by atoms with Crippen molar-refractivity contribution in [1.82, 2.24) is 4.98 Å². The van der Waals surface area contributed by atoms with E-state index in [1.54, 1.807) is 6.07 Å². The number of fused-ring (bicyclic) bond motifs is 1. The number of aliphatic carboxylic acids is 1. The summed E-state index contributed by atoms with van der Waals surface area (Å²) in [4.78, 5) is 35.5. The van der Waals surface area contributed by atoms with Gasteiger partial charge in [-0.25, -0.2) is 0 Å². The number of Topliss-reactive ketones (excluding diaryl/α,β-unsaturated/α-hetero) is 1. The zero-order valence-electron chi connectivity index (χ0n) is 11.2. The quantitative estimate of drug-likeness (QED) is 0.352. The molecular weight excluding hydrogens is 276 g/mol. The third-order valence-corrected chi connectivity index (χ3v) is 3.22. The Morgan fingerprint density at radius 3 is 2.62 bits per heavy atom. The molecule has 0 atom stereocenters. The van der Waals surface area contributed by atoms with E-state index in [2.05, 4.69) is 4.98 Å². The summed E-state index contributed by atoms with van der Waals surface area (Å²) in [5, 5.41) is 19.9. The summed E-state index contributed by atoms with van der Waals surface area (Å²) in [6, 6.07) is 4.29. The van der Waals surface area contributed by atoms with Crippen molar-refractivity contribution in [2.24, 2.45) is 0 Å². The highest BCUT2D eigenvalue weighted by atomic mass is 16.6. The number of carboxylic acids is 1. The second-order valence-corrected chi connectivity index (χ2v) is 4.71. The van der Waals surface area contributed by atoms with E-state index in [0.29, 0.717) is 29.3 Å². The number of nitrogens with zero attached hydrogens (tertiary/aromatic N) is 1. The molecule has 1 heterocycles. The minimum Gasteiger partial charge on any atom is -0.481 e. The largest absolute Gasteiger partial charge is 0.481 e. The summed E-state index contributed by atoms with van der Waals surface area (Å²) < 4.78 is 0. The number of H-pyrrole nitrogens is 1. The molecule has 110 valence electrons. The molecule has 0 saturated heterocycles. The molecule has 0 amide bonds. The van der Waals surface area contributed by atoms with Crippen molar-refractivity contribution in [1.29, 1.82) is 0 Å². The van der Waals surface area contributed by atoms with Crippen molar-refractivity contribution < 1.29 is 19.6 Å². The number of benzene rings is 1. The number of nitrogens with one attached hydrogen (secondary N) is 1. The summed E-state index contributed by atoms with van der Waals surface area (Å²) in [7, 11) is 0. The molecule has 7 nitrogen and oxygen atoms in total. The number of carbonyl (C=O) groups excluding carboxylic acids is 1. The SMILES string of the molecule is O=C(O)CCCCC(=O)c1c[nH]c2cc([N+](=O)[O-])ccc12. The molecule has 0 aliphatic heterocycles. The molecule has 0 unspecified atom stereocenters. The van der Waals surface area contributed by atoms with E-state index in [4.69, 9.17) is 5.11 Å². The standard InChI is InChI=1S/C14H14N2O5/c17-13(3-1-2-4-14(18)19)11-8-15-12-7-9(16(20)21)5-6-10(11)12/h5-8,15H,1-4H2,(H,18,19). The number of carboxylic acid groups (broad SMARTS) is 1. The van der Waals surface area contributed by atoms with Crippen LogP contribution in [-0.2, 0) is 4.79 Å². The number of nitro benzene ring substituents is 1. The van der Waals surface area contributed by atoms with E-state index in [1.165, 1.54) is 18.3 Å². The smallest absolute Gasteiger partial charge is 0.303 e. The normalized spacial score (nSPS) is 10.7. The monoisotopic (exact) mass is 290 g/mol. The second kappa shape index (κ2) is 6.17. The number of aromatic amines is 1. The van der Waals surface area contributed by atoms with Gasteiger partial charge in [0, 0.05) is 42.1 Å². The summed E-state index contributed by atoms with van der Waals surface area (Å²) in [5.41, 5.74) is 0.984. The van der Waals surface area contributed by atoms with Gasteiger partial charge in [0.05, 0.1) is 10.4 Å². The Morgan fingerprint density at radius 1 is 1.24 bits per heavy atom. The average Bonchev–Trinajstić information content (AvgIpc) is 2.86. The molecule has 0 radical (unpaired) electrons. The van der Waals surface area contributed by atoms with Crippen molar-refractivity contribution in [3.63, 3.8) is 0 Å². The lowest BCUT2D eigenvalue weighted by Crippen LogP contribution is -2.00. The third-order valence-electron chi connectivity index (χ3n) is 3.22. The van der Waals surface area contributed by atoms with Gasteiger partial charge in [-0.1, -0.05) is 0 Å². The van der Waals surface area contributed by atoms with Gasteiger partial charge >= 0.3 is 5.97 Å². The fourth-order valence-corrected chi connectivity index (χ4v) is 2.15. The number of carbonyl (C=O) groups is 2. The Bertz CT molecular complexity index is 704. The highest BCUT2D eigenvalue weighted by Crippen LogP contribution is 2.24. The van der Waals surface area contributed by atoms with Gasteiger partial charge in [0.1, 0.15) is 0 Å². The minimum atomic E-state index is -0.873. The molecule has 7 heteroatoms. The van der Waals surface area contributed by atoms with Gasteiger partial charge in [-0.05, 0) is 18.9 Å². The Balaban J connectivity index is 2.09. The number of nitro groups is 1. The summed E-state index contributed by atoms with van der Waals surface area (Å²) in [6.45, 7) is 0. The molecule has 0 bridgehead atoms. The molecule has 2 N–H and O–H groups in total. The minimum absolute atomic E-state index is 0.0372. The molecule has 0 aliphatic rings. The summed E-state index contributed by atoms with van der Waals surface area (Å²) >= 11 is 0. The van der Waals surface area contributed by atoms with E-state index in [0.717, 1.165) is 0 Å². The van der Waals surface area contributed by atoms with Crippen LogP contribution in [0.4, 0.5) is 5.69 Å². The lowest BCUT2D eigenvalue weighted by Gasteiger charge is -1.99. The fourth-order valence-electron chi connectivity index (χ4n) is 2.15. The topological polar surface area (TPSA) is 113 Å². The summed E-state index contributed by atoms with van der Waals surface area (Å²) in [5.74, 6) is -0.970. The number of ketones is 1. The molecule has 0 spiro atoms. The molecule has 1 aromatic carbocycles. The lowest BCUT2D eigenvalue weighted by molar-refractivity contribution is -0.384. The maximum atomic E-state index is 12.1. The van der Waals surface area contributed by atoms with Crippen LogP contribution < -0.4 is 0 Å². The van der Waals surface area contributed by atoms with Gasteiger partial charge < -0.3 is 10.1 Å². The van der Waals surface area contributed by atoms with Crippen LogP contribution >= 0.6 is 0 Å². The van der Waals surface area contributed by atoms with Crippen LogP contribution in [0.5, 0.6) is 0 Å². The van der Waals surface area contributed by atoms with E-state index in [1.807, 2.05) is 0 Å². The van der Waals surface area contributed by atoms with Crippen LogP contribution in [0.3, 0.4) is 0 Å². The number of non-ortho nitro benzene ring substituents is 1. The van der Waals surface area contributed by atoms with Crippen LogP contribution in [0, 0.1) is 10.1 Å². The van der Waals surface area contributed by atoms with Crippen LogP contribution in [0.2, 0.25) is 0 Å². The molecule has 2 rings (SSSR count). The van der Waals surface area contributed by atoms with E-state index < -0.39 is 10.9 Å². The number of hydrogen-bond acceptors (Lipinski definition) is 4. The van der Waals surface area contributed by atoms with Crippen LogP contribution in [0.15, 0.2) is 24.4 Å². The fraction of sp³-hybridized carbons (Fsp3) is 0.286. The second-order valence-electron chi connectivity index (χ2n) is 4.71. The molecule has 0 aliphatic carbocycles. The van der Waals surface area contributed by atoms with Crippen molar-refractivity contribution in [3.05, 3.63) is 40.1 Å². The van der Waals surface area contributed by atoms with E-state index >= 15 is 0 Å².